The normalized spacial score (nSPS) is 26.8. The van der Waals surface area contributed by atoms with Gasteiger partial charge in [-0.3, -0.25) is 14.7 Å². The lowest BCUT2D eigenvalue weighted by atomic mass is 9.82. The number of nitrogen functional groups attached to an aromatic ring is 1. The van der Waals surface area contributed by atoms with E-state index in [2.05, 4.69) is 25.3 Å². The molecule has 1 saturated carbocycles. The van der Waals surface area contributed by atoms with Crippen molar-refractivity contribution in [3.63, 3.8) is 0 Å². The number of fused-ring (bicyclic) bond motifs is 2. The van der Waals surface area contributed by atoms with Gasteiger partial charge in [-0.2, -0.15) is 23.4 Å². The van der Waals surface area contributed by atoms with Crippen LogP contribution in [0.4, 0.5) is 27.8 Å². The number of aromatic amines is 1. The van der Waals surface area contributed by atoms with E-state index in [-0.39, 0.29) is 17.4 Å². The molecule has 8 nitrogen and oxygen atoms in total. The monoisotopic (exact) mass is 480 g/mol. The number of H-pyrrole nitrogens is 1. The van der Waals surface area contributed by atoms with Gasteiger partial charge < -0.3 is 5.73 Å². The summed E-state index contributed by atoms with van der Waals surface area (Å²) < 4.78 is 69.7. The first-order chi connectivity index (χ1) is 16.1. The number of rotatable bonds is 4. The molecule has 3 atom stereocenters. The summed E-state index contributed by atoms with van der Waals surface area (Å²) in [5, 5.41) is 11.1. The van der Waals surface area contributed by atoms with E-state index in [0.29, 0.717) is 31.2 Å². The Balaban J connectivity index is 1.30. The fourth-order valence-corrected chi connectivity index (χ4v) is 5.55. The summed E-state index contributed by atoms with van der Waals surface area (Å²) in [6.45, 7) is 1.73. The lowest BCUT2D eigenvalue weighted by molar-refractivity contribution is -0.137. The minimum atomic E-state index is -4.62. The number of halogens is 5. The van der Waals surface area contributed by atoms with Crippen molar-refractivity contribution in [1.82, 2.24) is 34.8 Å². The fraction of sp³-hybridized carbons (Fsp3) is 0.524. The van der Waals surface area contributed by atoms with Crippen LogP contribution in [0, 0.1) is 5.92 Å². The van der Waals surface area contributed by atoms with Crippen LogP contribution in [0.15, 0.2) is 24.7 Å². The third-order valence-corrected chi connectivity index (χ3v) is 7.39. The van der Waals surface area contributed by atoms with E-state index in [4.69, 9.17) is 5.73 Å². The van der Waals surface area contributed by atoms with Gasteiger partial charge in [0.25, 0.3) is 5.92 Å². The molecular formula is C21H21F5N8. The van der Waals surface area contributed by atoms with Gasteiger partial charge in [-0.25, -0.2) is 18.7 Å². The number of nitrogens with two attached hydrogens (primary N) is 1. The first-order valence-corrected chi connectivity index (χ1v) is 11.0. The highest BCUT2D eigenvalue weighted by Crippen LogP contribution is 2.58. The molecule has 0 aromatic carbocycles. The molecule has 3 aromatic heterocycles. The van der Waals surface area contributed by atoms with Crippen molar-refractivity contribution < 1.29 is 22.0 Å². The molecule has 1 spiro atoms. The van der Waals surface area contributed by atoms with Gasteiger partial charge >= 0.3 is 6.18 Å². The number of hydrogen-bond donors (Lipinski definition) is 2. The van der Waals surface area contributed by atoms with Crippen molar-refractivity contribution in [3.8, 4) is 11.3 Å². The van der Waals surface area contributed by atoms with Crippen LogP contribution >= 0.6 is 0 Å². The Morgan fingerprint density at radius 1 is 1.15 bits per heavy atom. The van der Waals surface area contributed by atoms with Gasteiger partial charge in [-0.15, -0.1) is 0 Å². The SMILES string of the molecule is Nc1ncc(-c2cc3n(n2)CC[C@@]32CCN(C(c3ncn[nH]3)[C@H]3CC3(F)F)C2)cc1C(F)(F)F. The molecule has 0 amide bonds. The van der Waals surface area contributed by atoms with Crippen molar-refractivity contribution in [1.29, 1.82) is 0 Å². The predicted molar refractivity (Wildman–Crippen MR) is 110 cm³/mol. The molecule has 1 aliphatic carbocycles. The second kappa shape index (κ2) is 6.96. The molecule has 180 valence electrons. The van der Waals surface area contributed by atoms with Crippen LogP contribution in [0.25, 0.3) is 11.3 Å². The predicted octanol–water partition coefficient (Wildman–Crippen LogP) is 3.41. The molecule has 5 heterocycles. The molecule has 34 heavy (non-hydrogen) atoms. The number of hydrogen-bond acceptors (Lipinski definition) is 6. The van der Waals surface area contributed by atoms with Crippen molar-refractivity contribution in [2.75, 3.05) is 18.8 Å². The van der Waals surface area contributed by atoms with Gasteiger partial charge in [-0.05, 0) is 31.5 Å². The van der Waals surface area contributed by atoms with E-state index in [9.17, 15) is 22.0 Å². The van der Waals surface area contributed by atoms with Crippen LogP contribution in [-0.2, 0) is 18.1 Å². The molecule has 6 rings (SSSR count). The zero-order chi connectivity index (χ0) is 23.9. The zero-order valence-electron chi connectivity index (χ0n) is 17.9. The number of aromatic nitrogens is 6. The molecule has 3 aliphatic rings. The van der Waals surface area contributed by atoms with Gasteiger partial charge in [0.1, 0.15) is 18.0 Å². The first-order valence-electron chi connectivity index (χ1n) is 11.0. The largest absolute Gasteiger partial charge is 0.419 e. The Kier molecular flexibility index (Phi) is 4.39. The third kappa shape index (κ3) is 3.28. The van der Waals surface area contributed by atoms with Crippen molar-refractivity contribution in [3.05, 3.63) is 41.7 Å². The Bertz CT molecular complexity index is 1240. The van der Waals surface area contributed by atoms with E-state index < -0.39 is 35.4 Å². The standard InChI is InChI=1S/C21H21F5N8/c22-20(23)7-13(20)16(18-29-10-30-31-18)33-3-1-19(9-33)2-4-34-15(19)6-14(32-34)11-5-12(21(24,25)26)17(27)28-8-11/h5-6,8,10,13,16H,1-4,7,9H2,(H2,27,28)(H,29,30,31)/t13-,16?,19-/m1/s1. The number of aryl methyl sites for hydroxylation is 1. The van der Waals surface area contributed by atoms with Gasteiger partial charge in [0, 0.05) is 42.4 Å². The number of nitrogens with one attached hydrogen (secondary N) is 1. The van der Waals surface area contributed by atoms with E-state index in [1.807, 2.05) is 4.90 Å². The van der Waals surface area contributed by atoms with E-state index in [1.165, 1.54) is 12.5 Å². The van der Waals surface area contributed by atoms with Crippen molar-refractivity contribution in [2.24, 2.45) is 5.92 Å². The Hall–Kier alpha value is -3.09. The Morgan fingerprint density at radius 2 is 1.91 bits per heavy atom. The molecule has 3 aromatic rings. The minimum absolute atomic E-state index is 0.185. The molecular weight excluding hydrogens is 459 g/mol. The number of alkyl halides is 5. The van der Waals surface area contributed by atoms with Crippen LogP contribution in [0.1, 0.15) is 42.4 Å². The number of anilines is 1. The molecule has 13 heteroatoms. The average Bonchev–Trinajstić information content (AvgIpc) is 3.35. The summed E-state index contributed by atoms with van der Waals surface area (Å²) in [5.41, 5.74) is 5.61. The maximum Gasteiger partial charge on any atom is 0.419 e. The van der Waals surface area contributed by atoms with E-state index >= 15 is 0 Å². The lowest BCUT2D eigenvalue weighted by Crippen LogP contribution is -2.34. The highest BCUT2D eigenvalue weighted by atomic mass is 19.4. The quantitative estimate of drug-likeness (QED) is 0.555. The highest BCUT2D eigenvalue weighted by Gasteiger charge is 2.63. The smallest absolute Gasteiger partial charge is 0.383 e. The molecule has 0 bridgehead atoms. The van der Waals surface area contributed by atoms with Gasteiger partial charge in [0.05, 0.1) is 23.2 Å². The second-order valence-corrected chi connectivity index (χ2v) is 9.43. The fourth-order valence-electron chi connectivity index (χ4n) is 5.55. The second-order valence-electron chi connectivity index (χ2n) is 9.43. The highest BCUT2D eigenvalue weighted by molar-refractivity contribution is 5.63. The van der Waals surface area contributed by atoms with Crippen LogP contribution in [0.5, 0.6) is 0 Å². The topological polar surface area (TPSA) is 102 Å². The Labute approximate surface area is 190 Å². The summed E-state index contributed by atoms with van der Waals surface area (Å²) in [4.78, 5) is 9.90. The van der Waals surface area contributed by atoms with Crippen molar-refractivity contribution >= 4 is 5.82 Å². The van der Waals surface area contributed by atoms with Gasteiger partial charge in [0.2, 0.25) is 0 Å². The molecule has 1 unspecified atom stereocenters. The molecule has 2 aliphatic heterocycles. The van der Waals surface area contributed by atoms with Gasteiger partial charge in [0.15, 0.2) is 0 Å². The summed E-state index contributed by atoms with van der Waals surface area (Å²) >= 11 is 0. The maximum absolute atomic E-state index is 14.0. The summed E-state index contributed by atoms with van der Waals surface area (Å²) in [6, 6.07) is 2.19. The number of nitrogens with zero attached hydrogens (tertiary/aromatic N) is 6. The number of pyridine rings is 1. The van der Waals surface area contributed by atoms with E-state index in [1.54, 1.807) is 10.7 Å². The summed E-state index contributed by atoms with van der Waals surface area (Å²) in [6.07, 6.45) is -0.690. The summed E-state index contributed by atoms with van der Waals surface area (Å²) in [5.74, 6) is -3.70. The van der Waals surface area contributed by atoms with Crippen LogP contribution in [0.2, 0.25) is 0 Å². The minimum Gasteiger partial charge on any atom is -0.383 e. The zero-order valence-corrected chi connectivity index (χ0v) is 17.9. The van der Waals surface area contributed by atoms with Crippen LogP contribution in [0.3, 0.4) is 0 Å². The van der Waals surface area contributed by atoms with Gasteiger partial charge in [-0.1, -0.05) is 0 Å². The average molecular weight is 480 g/mol. The molecule has 1 saturated heterocycles. The lowest BCUT2D eigenvalue weighted by Gasteiger charge is -2.28. The Morgan fingerprint density at radius 3 is 2.59 bits per heavy atom. The number of likely N-dealkylation sites (tertiary alicyclic amines) is 1. The third-order valence-electron chi connectivity index (χ3n) is 7.39. The molecule has 3 N–H and O–H groups in total. The summed E-state index contributed by atoms with van der Waals surface area (Å²) in [7, 11) is 0. The maximum atomic E-state index is 14.0. The van der Waals surface area contributed by atoms with Crippen LogP contribution in [-0.4, -0.2) is 53.9 Å². The molecule has 0 radical (unpaired) electrons. The van der Waals surface area contributed by atoms with Crippen LogP contribution < -0.4 is 5.73 Å². The molecule has 2 fully saturated rings. The first kappa shape index (κ1) is 21.4. The van der Waals surface area contributed by atoms with E-state index in [0.717, 1.165) is 24.6 Å². The van der Waals surface area contributed by atoms with Crippen molar-refractivity contribution in [2.45, 2.75) is 49.4 Å².